The zero-order valence-electron chi connectivity index (χ0n) is 16.9. The van der Waals surface area contributed by atoms with Gasteiger partial charge in [0.2, 0.25) is 5.91 Å². The fourth-order valence-corrected chi connectivity index (χ4v) is 2.43. The van der Waals surface area contributed by atoms with Gasteiger partial charge in [-0.3, -0.25) is 25.1 Å². The highest BCUT2D eigenvalue weighted by molar-refractivity contribution is 6.00. The summed E-state index contributed by atoms with van der Waals surface area (Å²) in [5.74, 6) is -0.0623. The maximum absolute atomic E-state index is 12.3. The molecule has 10 nitrogen and oxygen atoms in total. The fourth-order valence-electron chi connectivity index (χ4n) is 2.43. The van der Waals surface area contributed by atoms with Gasteiger partial charge in [0, 0.05) is 35.5 Å². The zero-order chi connectivity index (χ0) is 22.3. The molecule has 0 atom stereocenters. The first-order chi connectivity index (χ1) is 14.2. The van der Waals surface area contributed by atoms with Crippen LogP contribution >= 0.6 is 0 Å². The molecule has 2 rings (SSSR count). The number of hydrogen-bond acceptors (Lipinski definition) is 7. The van der Waals surface area contributed by atoms with Crippen LogP contribution in [0.15, 0.2) is 48.2 Å². The van der Waals surface area contributed by atoms with Gasteiger partial charge in [-0.2, -0.15) is 0 Å². The van der Waals surface area contributed by atoms with Crippen molar-refractivity contribution >= 4 is 23.2 Å². The Bertz CT molecular complexity index is 981. The molecular weight excluding hydrogens is 392 g/mol. The van der Waals surface area contributed by atoms with Crippen molar-refractivity contribution in [2.75, 3.05) is 19.5 Å². The number of benzene rings is 2. The van der Waals surface area contributed by atoms with E-state index in [9.17, 15) is 19.7 Å². The van der Waals surface area contributed by atoms with Crippen molar-refractivity contribution in [2.45, 2.75) is 13.8 Å². The number of nitro benzene ring substituents is 1. The van der Waals surface area contributed by atoms with Crippen LogP contribution in [0.25, 0.3) is 0 Å². The highest BCUT2D eigenvalue weighted by Crippen LogP contribution is 2.23. The van der Waals surface area contributed by atoms with Crippen LogP contribution in [-0.2, 0) is 4.79 Å². The van der Waals surface area contributed by atoms with Crippen LogP contribution in [0.3, 0.4) is 0 Å². The Balaban J connectivity index is 2.01. The van der Waals surface area contributed by atoms with Crippen LogP contribution in [0, 0.1) is 17.0 Å². The summed E-state index contributed by atoms with van der Waals surface area (Å²) in [6, 6.07) is 8.89. The summed E-state index contributed by atoms with van der Waals surface area (Å²) in [6.45, 7) is 3.29. The molecule has 2 amide bonds. The number of carbonyl (C=O) groups excluding carboxylic acids is 2. The number of hydrogen-bond donors (Lipinski definition) is 3. The molecule has 158 valence electrons. The summed E-state index contributed by atoms with van der Waals surface area (Å²) in [6.07, 6.45) is 1.21. The van der Waals surface area contributed by atoms with Crippen molar-refractivity contribution in [3.05, 3.63) is 69.4 Å². The van der Waals surface area contributed by atoms with Gasteiger partial charge in [-0.25, -0.2) is 0 Å². The number of nitrogens with zero attached hydrogens (tertiary/aromatic N) is 1. The second-order valence-corrected chi connectivity index (χ2v) is 6.25. The van der Waals surface area contributed by atoms with E-state index in [0.717, 1.165) is 0 Å². The highest BCUT2D eigenvalue weighted by atomic mass is 16.6. The van der Waals surface area contributed by atoms with E-state index >= 15 is 0 Å². The quantitative estimate of drug-likeness (QED) is 0.344. The maximum atomic E-state index is 12.3. The molecule has 0 aromatic heterocycles. The lowest BCUT2D eigenvalue weighted by Gasteiger charge is -2.11. The van der Waals surface area contributed by atoms with Crippen molar-refractivity contribution in [1.82, 2.24) is 10.9 Å². The maximum Gasteiger partial charge on any atom is 0.271 e. The van der Waals surface area contributed by atoms with E-state index in [0.29, 0.717) is 34.0 Å². The SMILES string of the molecule is COc1cc(OC)cc(C(=O)NNC(C)=CC(=O)Nc2cc([N+](=O)[O-])ccc2C)c1. The molecule has 30 heavy (non-hydrogen) atoms. The number of carbonyl (C=O) groups is 2. The summed E-state index contributed by atoms with van der Waals surface area (Å²) < 4.78 is 10.3. The van der Waals surface area contributed by atoms with Gasteiger partial charge in [-0.05, 0) is 31.5 Å². The molecule has 0 spiro atoms. The summed E-state index contributed by atoms with van der Waals surface area (Å²) in [5.41, 5.74) is 6.61. The molecule has 2 aromatic rings. The molecule has 0 saturated heterocycles. The fraction of sp³-hybridized carbons (Fsp3) is 0.200. The molecule has 0 bridgehead atoms. The molecule has 0 fully saturated rings. The summed E-state index contributed by atoms with van der Waals surface area (Å²) >= 11 is 0. The van der Waals surface area contributed by atoms with Crippen LogP contribution < -0.4 is 25.6 Å². The Morgan fingerprint density at radius 2 is 1.67 bits per heavy atom. The van der Waals surface area contributed by atoms with Gasteiger partial charge in [0.1, 0.15) is 11.5 Å². The van der Waals surface area contributed by atoms with E-state index in [1.807, 2.05) is 0 Å². The highest BCUT2D eigenvalue weighted by Gasteiger charge is 2.12. The molecule has 0 radical (unpaired) electrons. The minimum Gasteiger partial charge on any atom is -0.497 e. The largest absolute Gasteiger partial charge is 0.497 e. The minimum absolute atomic E-state index is 0.129. The Morgan fingerprint density at radius 3 is 2.23 bits per heavy atom. The number of non-ortho nitro benzene ring substituents is 1. The average Bonchev–Trinajstić information content (AvgIpc) is 2.72. The molecule has 0 unspecified atom stereocenters. The first kappa shape index (κ1) is 22.2. The number of rotatable bonds is 8. The molecule has 2 aromatic carbocycles. The molecular formula is C20H22N4O6. The van der Waals surface area contributed by atoms with Crippen molar-refractivity contribution in [1.29, 1.82) is 0 Å². The van der Waals surface area contributed by atoms with Crippen LogP contribution in [0.1, 0.15) is 22.8 Å². The third-order valence-electron chi connectivity index (χ3n) is 4.02. The van der Waals surface area contributed by atoms with Crippen molar-refractivity contribution in [2.24, 2.45) is 0 Å². The van der Waals surface area contributed by atoms with Crippen LogP contribution in [0.4, 0.5) is 11.4 Å². The van der Waals surface area contributed by atoms with Crippen molar-refractivity contribution in [3.63, 3.8) is 0 Å². The number of hydrazine groups is 1. The summed E-state index contributed by atoms with van der Waals surface area (Å²) in [5, 5.41) is 13.5. The molecule has 3 N–H and O–H groups in total. The number of ether oxygens (including phenoxy) is 2. The number of methoxy groups -OCH3 is 2. The molecule has 0 aliphatic rings. The summed E-state index contributed by atoms with van der Waals surface area (Å²) in [4.78, 5) is 34.9. The lowest BCUT2D eigenvalue weighted by atomic mass is 10.2. The molecule has 0 heterocycles. The normalized spacial score (nSPS) is 10.7. The van der Waals surface area contributed by atoms with E-state index in [2.05, 4.69) is 16.2 Å². The Hall–Kier alpha value is -4.08. The lowest BCUT2D eigenvalue weighted by Crippen LogP contribution is -2.36. The van der Waals surface area contributed by atoms with E-state index in [4.69, 9.17) is 9.47 Å². The number of aryl methyl sites for hydroxylation is 1. The Kier molecular flexibility index (Phi) is 7.34. The third kappa shape index (κ3) is 5.96. The second kappa shape index (κ2) is 9.92. The Morgan fingerprint density at radius 1 is 1.03 bits per heavy atom. The average molecular weight is 414 g/mol. The smallest absolute Gasteiger partial charge is 0.271 e. The van der Waals surface area contributed by atoms with Crippen LogP contribution in [0.2, 0.25) is 0 Å². The standard InChI is InChI=1S/C20H22N4O6/c1-12-5-6-15(24(27)28)10-18(12)21-19(25)7-13(2)22-23-20(26)14-8-16(29-3)11-17(9-14)30-4/h5-11,22H,1-4H3,(H,21,25)(H,23,26). The van der Waals surface area contributed by atoms with Gasteiger partial charge in [-0.1, -0.05) is 6.07 Å². The number of amides is 2. The van der Waals surface area contributed by atoms with Crippen LogP contribution in [0.5, 0.6) is 11.5 Å². The van der Waals surface area contributed by atoms with E-state index in [-0.39, 0.29) is 5.69 Å². The van der Waals surface area contributed by atoms with Crippen LogP contribution in [-0.4, -0.2) is 31.0 Å². The van der Waals surface area contributed by atoms with Gasteiger partial charge >= 0.3 is 0 Å². The van der Waals surface area contributed by atoms with Gasteiger partial charge in [0.05, 0.1) is 24.8 Å². The topological polar surface area (TPSA) is 132 Å². The first-order valence-electron chi connectivity index (χ1n) is 8.77. The number of nitro groups is 1. The van der Waals surface area contributed by atoms with Gasteiger partial charge in [-0.15, -0.1) is 0 Å². The second-order valence-electron chi connectivity index (χ2n) is 6.25. The van der Waals surface area contributed by atoms with Gasteiger partial charge < -0.3 is 20.2 Å². The summed E-state index contributed by atoms with van der Waals surface area (Å²) in [7, 11) is 2.95. The molecule has 10 heteroatoms. The third-order valence-corrected chi connectivity index (χ3v) is 4.02. The zero-order valence-corrected chi connectivity index (χ0v) is 16.9. The van der Waals surface area contributed by atoms with Crippen molar-refractivity contribution in [3.8, 4) is 11.5 Å². The van der Waals surface area contributed by atoms with Gasteiger partial charge in [0.25, 0.3) is 11.6 Å². The van der Waals surface area contributed by atoms with Crippen molar-refractivity contribution < 1.29 is 24.0 Å². The van der Waals surface area contributed by atoms with Gasteiger partial charge in [0.15, 0.2) is 0 Å². The predicted molar refractivity (Wildman–Crippen MR) is 110 cm³/mol. The monoisotopic (exact) mass is 414 g/mol. The van der Waals surface area contributed by atoms with E-state index in [1.54, 1.807) is 26.0 Å². The van der Waals surface area contributed by atoms with E-state index in [1.165, 1.54) is 44.6 Å². The van der Waals surface area contributed by atoms with E-state index < -0.39 is 16.7 Å². The lowest BCUT2D eigenvalue weighted by molar-refractivity contribution is -0.384. The predicted octanol–water partition coefficient (Wildman–Crippen LogP) is 2.70. The first-order valence-corrected chi connectivity index (χ1v) is 8.77. The minimum atomic E-state index is -0.541. The number of allylic oxidation sites excluding steroid dienone is 1. The number of nitrogens with one attached hydrogen (secondary N) is 3. The molecule has 0 aliphatic carbocycles. The molecule has 0 saturated carbocycles. The molecule has 0 aliphatic heterocycles. The number of anilines is 1. The Labute approximate surface area is 173 Å².